The van der Waals surface area contributed by atoms with Gasteiger partial charge in [-0.25, -0.2) is 0 Å². The summed E-state index contributed by atoms with van der Waals surface area (Å²) in [5.41, 5.74) is 0. The molecular formula is C5H11O5PS. The smallest absolute Gasteiger partial charge is 0.321 e. The molecule has 0 radical (unpaired) electrons. The minimum absolute atomic E-state index is 0.0641. The Hall–Kier alpha value is 0.450. The first-order valence-electron chi connectivity index (χ1n) is 3.44. The van der Waals surface area contributed by atoms with Crippen molar-refractivity contribution in [2.24, 2.45) is 0 Å². The second-order valence-electron chi connectivity index (χ2n) is 2.45. The van der Waals surface area contributed by atoms with Crippen LogP contribution in [0.25, 0.3) is 0 Å². The van der Waals surface area contributed by atoms with Crippen molar-refractivity contribution in [1.82, 2.24) is 0 Å². The van der Waals surface area contributed by atoms with E-state index in [1.54, 1.807) is 6.92 Å². The molecule has 0 amide bonds. The number of ether oxygens (including phenoxy) is 2. The van der Waals surface area contributed by atoms with Crippen molar-refractivity contribution in [2.75, 3.05) is 13.2 Å². The Bertz CT molecular complexity index is 192. The van der Waals surface area contributed by atoms with Crippen molar-refractivity contribution in [3.63, 3.8) is 0 Å². The molecule has 1 aliphatic heterocycles. The standard InChI is InChI=1S/C5H11O5PS/c1-4-8-2-5(10-4)3-9-11(6,7)12/h4-5H,2-3H2,1H3,(H2,6,7,12)/t4-,5-/m1/s1. The molecule has 2 atom stereocenters. The summed E-state index contributed by atoms with van der Waals surface area (Å²) in [4.78, 5) is 17.4. The van der Waals surface area contributed by atoms with Crippen molar-refractivity contribution in [1.29, 1.82) is 0 Å². The zero-order valence-electron chi connectivity index (χ0n) is 6.54. The second kappa shape index (κ2) is 4.11. The molecule has 0 aromatic carbocycles. The van der Waals surface area contributed by atoms with Crippen LogP contribution in [0, 0.1) is 0 Å². The van der Waals surface area contributed by atoms with Crippen molar-refractivity contribution in [3.05, 3.63) is 0 Å². The van der Waals surface area contributed by atoms with E-state index in [4.69, 9.17) is 19.3 Å². The maximum absolute atomic E-state index is 8.71. The Balaban J connectivity index is 2.21. The molecule has 0 saturated carbocycles. The molecule has 0 aromatic rings. The van der Waals surface area contributed by atoms with Crippen molar-refractivity contribution >= 4 is 18.5 Å². The fourth-order valence-electron chi connectivity index (χ4n) is 0.860. The van der Waals surface area contributed by atoms with E-state index < -0.39 is 6.72 Å². The lowest BCUT2D eigenvalue weighted by Crippen LogP contribution is -2.17. The molecule has 12 heavy (non-hydrogen) atoms. The number of rotatable bonds is 3. The van der Waals surface area contributed by atoms with Gasteiger partial charge in [0.25, 0.3) is 0 Å². The monoisotopic (exact) mass is 214 g/mol. The van der Waals surface area contributed by atoms with Gasteiger partial charge in [-0.1, -0.05) is 0 Å². The summed E-state index contributed by atoms with van der Waals surface area (Å²) in [7, 11) is 0. The molecule has 72 valence electrons. The van der Waals surface area contributed by atoms with E-state index in [-0.39, 0.29) is 19.0 Å². The fraction of sp³-hybridized carbons (Fsp3) is 1.00. The Labute approximate surface area is 75.5 Å². The summed E-state index contributed by atoms with van der Waals surface area (Å²) < 4.78 is 14.8. The van der Waals surface area contributed by atoms with E-state index in [1.165, 1.54) is 0 Å². The Kier molecular flexibility index (Phi) is 3.60. The predicted octanol–water partition coefficient (Wildman–Crippen LogP) is -0.0265. The second-order valence-corrected chi connectivity index (χ2v) is 5.11. The van der Waals surface area contributed by atoms with E-state index in [2.05, 4.69) is 16.3 Å². The van der Waals surface area contributed by atoms with Gasteiger partial charge in [-0.2, -0.15) is 0 Å². The summed E-state index contributed by atoms with van der Waals surface area (Å²) in [6, 6.07) is 0. The molecule has 1 heterocycles. The highest BCUT2D eigenvalue weighted by molar-refractivity contribution is 8.06. The van der Waals surface area contributed by atoms with Gasteiger partial charge in [0.15, 0.2) is 6.29 Å². The van der Waals surface area contributed by atoms with Crippen molar-refractivity contribution < 1.29 is 23.8 Å². The fourth-order valence-corrected chi connectivity index (χ4v) is 1.40. The molecule has 0 aliphatic carbocycles. The van der Waals surface area contributed by atoms with Crippen LogP contribution in [0.3, 0.4) is 0 Å². The van der Waals surface area contributed by atoms with Gasteiger partial charge in [0.05, 0.1) is 13.2 Å². The molecule has 0 aromatic heterocycles. The molecule has 0 bridgehead atoms. The van der Waals surface area contributed by atoms with E-state index in [1.807, 2.05) is 0 Å². The van der Waals surface area contributed by atoms with Gasteiger partial charge in [-0.3, -0.25) is 0 Å². The minimum Gasteiger partial charge on any atom is -0.350 e. The first-order valence-corrected chi connectivity index (χ1v) is 6.07. The molecule has 1 rings (SSSR count). The topological polar surface area (TPSA) is 68.2 Å². The van der Waals surface area contributed by atoms with Crippen LogP contribution >= 0.6 is 6.72 Å². The third kappa shape index (κ3) is 3.91. The highest BCUT2D eigenvalue weighted by atomic mass is 32.5. The van der Waals surface area contributed by atoms with Crippen LogP contribution in [0.2, 0.25) is 0 Å². The van der Waals surface area contributed by atoms with Gasteiger partial charge in [0.2, 0.25) is 0 Å². The molecule has 0 unspecified atom stereocenters. The van der Waals surface area contributed by atoms with Gasteiger partial charge < -0.3 is 23.8 Å². The average Bonchev–Trinajstić information content (AvgIpc) is 2.30. The average molecular weight is 214 g/mol. The lowest BCUT2D eigenvalue weighted by Gasteiger charge is -2.11. The molecule has 7 heteroatoms. The molecule has 1 saturated heterocycles. The minimum atomic E-state index is -3.54. The summed E-state index contributed by atoms with van der Waals surface area (Å²) in [5, 5.41) is 0. The Morgan fingerprint density at radius 3 is 2.75 bits per heavy atom. The van der Waals surface area contributed by atoms with E-state index in [0.29, 0.717) is 6.61 Å². The predicted molar refractivity (Wildman–Crippen MR) is 45.0 cm³/mol. The van der Waals surface area contributed by atoms with Gasteiger partial charge >= 0.3 is 6.72 Å². The molecule has 5 nitrogen and oxygen atoms in total. The third-order valence-electron chi connectivity index (χ3n) is 1.33. The van der Waals surface area contributed by atoms with Crippen LogP contribution in [0.1, 0.15) is 6.92 Å². The van der Waals surface area contributed by atoms with Gasteiger partial charge in [-0.05, 0) is 18.7 Å². The summed E-state index contributed by atoms with van der Waals surface area (Å²) in [6.45, 7) is -1.32. The Morgan fingerprint density at radius 2 is 2.33 bits per heavy atom. The summed E-state index contributed by atoms with van der Waals surface area (Å²) in [5.74, 6) is 0. The van der Waals surface area contributed by atoms with E-state index >= 15 is 0 Å². The van der Waals surface area contributed by atoms with Crippen molar-refractivity contribution in [3.8, 4) is 0 Å². The van der Waals surface area contributed by atoms with Gasteiger partial charge in [0, 0.05) is 0 Å². The van der Waals surface area contributed by atoms with E-state index in [9.17, 15) is 0 Å². The maximum atomic E-state index is 8.71. The Morgan fingerprint density at radius 1 is 1.67 bits per heavy atom. The zero-order chi connectivity index (χ0) is 9.19. The lowest BCUT2D eigenvalue weighted by atomic mass is 10.4. The number of hydrogen-bond acceptors (Lipinski definition) is 4. The third-order valence-corrected chi connectivity index (χ3v) is 2.13. The normalized spacial score (nSPS) is 30.9. The quantitative estimate of drug-likeness (QED) is 0.643. The summed E-state index contributed by atoms with van der Waals surface area (Å²) in [6.07, 6.45) is -0.504. The van der Waals surface area contributed by atoms with Crippen LogP contribution in [-0.2, 0) is 25.8 Å². The van der Waals surface area contributed by atoms with Gasteiger partial charge in [-0.15, -0.1) is 0 Å². The highest BCUT2D eigenvalue weighted by Gasteiger charge is 2.24. The van der Waals surface area contributed by atoms with Crippen LogP contribution in [0.5, 0.6) is 0 Å². The molecule has 1 fully saturated rings. The van der Waals surface area contributed by atoms with Crippen LogP contribution in [-0.4, -0.2) is 35.4 Å². The molecular weight excluding hydrogens is 203 g/mol. The largest absolute Gasteiger partial charge is 0.350 e. The molecule has 2 N–H and O–H groups in total. The summed E-state index contributed by atoms with van der Waals surface area (Å²) >= 11 is 4.25. The van der Waals surface area contributed by atoms with Gasteiger partial charge in [0.1, 0.15) is 6.10 Å². The van der Waals surface area contributed by atoms with Crippen LogP contribution in [0.15, 0.2) is 0 Å². The van der Waals surface area contributed by atoms with E-state index in [0.717, 1.165) is 0 Å². The number of hydrogen-bond donors (Lipinski definition) is 2. The zero-order valence-corrected chi connectivity index (χ0v) is 8.25. The molecule has 0 spiro atoms. The first-order chi connectivity index (χ1) is 5.47. The maximum Gasteiger partial charge on any atom is 0.321 e. The van der Waals surface area contributed by atoms with Crippen molar-refractivity contribution in [2.45, 2.75) is 19.3 Å². The lowest BCUT2D eigenvalue weighted by molar-refractivity contribution is -0.0493. The van der Waals surface area contributed by atoms with Crippen LogP contribution < -0.4 is 0 Å². The van der Waals surface area contributed by atoms with Crippen LogP contribution in [0.4, 0.5) is 0 Å². The SMILES string of the molecule is C[C@@H]1OC[C@H](COP(O)(O)=S)O1. The highest BCUT2D eigenvalue weighted by Crippen LogP contribution is 2.36. The molecule has 1 aliphatic rings. The first kappa shape index (κ1) is 10.5.